The quantitative estimate of drug-likeness (QED) is 0.601. The number of furan rings is 1. The molecular formula is C22H27N3O4. The lowest BCUT2D eigenvalue weighted by atomic mass is 9.87. The number of nitrogens with zero attached hydrogens (tertiary/aromatic N) is 2. The van der Waals surface area contributed by atoms with Crippen LogP contribution < -0.4 is 10.1 Å². The molecule has 0 aliphatic carbocycles. The Morgan fingerprint density at radius 2 is 1.93 bits per heavy atom. The van der Waals surface area contributed by atoms with Crippen LogP contribution in [0.15, 0.2) is 53.2 Å². The number of hydrogen-bond acceptors (Lipinski definition) is 5. The first-order valence-corrected chi connectivity index (χ1v) is 9.59. The van der Waals surface area contributed by atoms with Gasteiger partial charge in [-0.3, -0.25) is 4.79 Å². The van der Waals surface area contributed by atoms with Gasteiger partial charge in [0.25, 0.3) is 5.91 Å². The predicted octanol–water partition coefficient (Wildman–Crippen LogP) is 4.60. The van der Waals surface area contributed by atoms with E-state index in [0.717, 1.165) is 5.75 Å². The number of rotatable bonds is 8. The lowest BCUT2D eigenvalue weighted by Crippen LogP contribution is -2.10. The van der Waals surface area contributed by atoms with Crippen LogP contribution in [0.4, 0.5) is 5.69 Å². The van der Waals surface area contributed by atoms with Crippen LogP contribution in [-0.2, 0) is 23.5 Å². The Balaban J connectivity index is 1.53. The van der Waals surface area contributed by atoms with Crippen LogP contribution in [0.3, 0.4) is 0 Å². The van der Waals surface area contributed by atoms with Gasteiger partial charge >= 0.3 is 0 Å². The fourth-order valence-electron chi connectivity index (χ4n) is 2.66. The van der Waals surface area contributed by atoms with Crippen molar-refractivity contribution in [1.29, 1.82) is 0 Å². The van der Waals surface area contributed by atoms with Crippen molar-refractivity contribution in [2.45, 2.75) is 46.4 Å². The summed E-state index contributed by atoms with van der Waals surface area (Å²) in [5, 5.41) is 6.87. The van der Waals surface area contributed by atoms with Crippen molar-refractivity contribution in [3.05, 3.63) is 65.9 Å². The van der Waals surface area contributed by atoms with E-state index >= 15 is 0 Å². The SMILES string of the molecule is CCOCn1cc(NC(=O)c2ccc(COc3ccc(C(C)(C)C)cc3)o2)cn1. The third kappa shape index (κ3) is 5.71. The molecule has 0 unspecified atom stereocenters. The predicted molar refractivity (Wildman–Crippen MR) is 110 cm³/mol. The molecule has 0 aliphatic rings. The molecule has 0 saturated heterocycles. The average Bonchev–Trinajstić information content (AvgIpc) is 3.34. The summed E-state index contributed by atoms with van der Waals surface area (Å²) in [6, 6.07) is 11.4. The second-order valence-electron chi connectivity index (χ2n) is 7.67. The molecule has 154 valence electrons. The highest BCUT2D eigenvalue weighted by molar-refractivity contribution is 6.02. The van der Waals surface area contributed by atoms with E-state index in [9.17, 15) is 4.79 Å². The summed E-state index contributed by atoms with van der Waals surface area (Å²) in [6.07, 6.45) is 3.26. The minimum absolute atomic E-state index is 0.0985. The average molecular weight is 397 g/mol. The minimum Gasteiger partial charge on any atom is -0.486 e. The Hall–Kier alpha value is -3.06. The van der Waals surface area contributed by atoms with Gasteiger partial charge in [0.05, 0.1) is 18.1 Å². The maximum atomic E-state index is 12.3. The number of anilines is 1. The third-order valence-corrected chi connectivity index (χ3v) is 4.31. The minimum atomic E-state index is -0.346. The number of aromatic nitrogens is 2. The van der Waals surface area contributed by atoms with Crippen molar-refractivity contribution in [3.63, 3.8) is 0 Å². The van der Waals surface area contributed by atoms with Crippen LogP contribution in [-0.4, -0.2) is 22.3 Å². The monoisotopic (exact) mass is 397 g/mol. The molecule has 7 nitrogen and oxygen atoms in total. The maximum absolute atomic E-state index is 12.3. The van der Waals surface area contributed by atoms with Crippen molar-refractivity contribution in [2.75, 3.05) is 11.9 Å². The maximum Gasteiger partial charge on any atom is 0.291 e. The van der Waals surface area contributed by atoms with Crippen LogP contribution in [0.2, 0.25) is 0 Å². The van der Waals surface area contributed by atoms with Crippen LogP contribution in [0.5, 0.6) is 5.75 Å². The van der Waals surface area contributed by atoms with Gasteiger partial charge in [-0.25, -0.2) is 4.68 Å². The van der Waals surface area contributed by atoms with Crippen molar-refractivity contribution < 1.29 is 18.7 Å². The molecule has 3 aromatic rings. The summed E-state index contributed by atoms with van der Waals surface area (Å²) in [4.78, 5) is 12.3. The molecule has 2 heterocycles. The molecule has 0 atom stereocenters. The van der Waals surface area contributed by atoms with E-state index in [0.29, 0.717) is 24.8 Å². The van der Waals surface area contributed by atoms with Crippen LogP contribution in [0, 0.1) is 0 Å². The lowest BCUT2D eigenvalue weighted by Gasteiger charge is -2.19. The van der Waals surface area contributed by atoms with Crippen LogP contribution >= 0.6 is 0 Å². The number of carbonyl (C=O) groups excluding carboxylic acids is 1. The summed E-state index contributed by atoms with van der Waals surface area (Å²) in [7, 11) is 0. The standard InChI is InChI=1S/C22H27N3O4/c1-5-27-15-25-13-17(12-23-25)24-21(26)20-11-10-19(29-20)14-28-18-8-6-16(7-9-18)22(2,3)4/h6-13H,5,14-15H2,1-4H3,(H,24,26). The smallest absolute Gasteiger partial charge is 0.291 e. The zero-order valence-corrected chi connectivity index (χ0v) is 17.3. The van der Waals surface area contributed by atoms with Crippen molar-refractivity contribution in [1.82, 2.24) is 9.78 Å². The van der Waals surface area contributed by atoms with Gasteiger partial charge in [-0.15, -0.1) is 0 Å². The molecule has 2 aromatic heterocycles. The Bertz CT molecular complexity index is 936. The summed E-state index contributed by atoms with van der Waals surface area (Å²) >= 11 is 0. The van der Waals surface area contributed by atoms with E-state index in [2.05, 4.69) is 43.3 Å². The molecule has 1 N–H and O–H groups in total. The summed E-state index contributed by atoms with van der Waals surface area (Å²) in [6.45, 7) is 9.59. The second kappa shape index (κ2) is 8.96. The highest BCUT2D eigenvalue weighted by Gasteiger charge is 2.14. The largest absolute Gasteiger partial charge is 0.486 e. The highest BCUT2D eigenvalue weighted by Crippen LogP contribution is 2.24. The molecule has 0 fully saturated rings. The van der Waals surface area contributed by atoms with Crippen LogP contribution in [0.25, 0.3) is 0 Å². The molecule has 0 saturated carbocycles. The van der Waals surface area contributed by atoms with E-state index < -0.39 is 0 Å². The molecular weight excluding hydrogens is 370 g/mol. The molecule has 29 heavy (non-hydrogen) atoms. The molecule has 0 spiro atoms. The number of benzene rings is 1. The van der Waals surface area contributed by atoms with Crippen molar-refractivity contribution in [2.24, 2.45) is 0 Å². The first kappa shape index (κ1) is 20.7. The molecule has 7 heteroatoms. The molecule has 0 radical (unpaired) electrons. The third-order valence-electron chi connectivity index (χ3n) is 4.31. The van der Waals surface area contributed by atoms with Crippen molar-refractivity contribution in [3.8, 4) is 5.75 Å². The Morgan fingerprint density at radius 3 is 2.62 bits per heavy atom. The number of amides is 1. The topological polar surface area (TPSA) is 78.5 Å². The van der Waals surface area contributed by atoms with E-state index in [4.69, 9.17) is 13.9 Å². The van der Waals surface area contributed by atoms with E-state index in [-0.39, 0.29) is 23.7 Å². The van der Waals surface area contributed by atoms with Gasteiger partial charge in [-0.1, -0.05) is 32.9 Å². The molecule has 1 aromatic carbocycles. The van der Waals surface area contributed by atoms with Gasteiger partial charge < -0.3 is 19.2 Å². The number of hydrogen-bond donors (Lipinski definition) is 1. The Labute approximate surface area is 170 Å². The first-order valence-electron chi connectivity index (χ1n) is 9.59. The highest BCUT2D eigenvalue weighted by atomic mass is 16.5. The van der Waals surface area contributed by atoms with Gasteiger partial charge in [0.15, 0.2) is 5.76 Å². The zero-order valence-electron chi connectivity index (χ0n) is 17.3. The Kier molecular flexibility index (Phi) is 6.39. The van der Waals surface area contributed by atoms with E-state index in [1.165, 1.54) is 5.56 Å². The van der Waals surface area contributed by atoms with Gasteiger partial charge in [0.1, 0.15) is 24.8 Å². The number of nitrogens with one attached hydrogen (secondary N) is 1. The molecule has 1 amide bonds. The fraction of sp³-hybridized carbons (Fsp3) is 0.364. The number of ether oxygens (including phenoxy) is 2. The van der Waals surface area contributed by atoms with Gasteiger partial charge in [0, 0.05) is 6.61 Å². The number of carbonyl (C=O) groups is 1. The first-order chi connectivity index (χ1) is 13.8. The molecule has 3 rings (SSSR count). The Morgan fingerprint density at radius 1 is 1.17 bits per heavy atom. The molecule has 0 bridgehead atoms. The normalized spacial score (nSPS) is 11.4. The second-order valence-corrected chi connectivity index (χ2v) is 7.67. The zero-order chi connectivity index (χ0) is 20.9. The summed E-state index contributed by atoms with van der Waals surface area (Å²) in [5.74, 6) is 1.19. The summed E-state index contributed by atoms with van der Waals surface area (Å²) < 4.78 is 18.2. The fourth-order valence-corrected chi connectivity index (χ4v) is 2.66. The van der Waals surface area contributed by atoms with E-state index in [1.54, 1.807) is 29.2 Å². The van der Waals surface area contributed by atoms with Crippen molar-refractivity contribution >= 4 is 11.6 Å². The van der Waals surface area contributed by atoms with Gasteiger partial charge in [-0.2, -0.15) is 5.10 Å². The van der Waals surface area contributed by atoms with E-state index in [1.807, 2.05) is 19.1 Å². The van der Waals surface area contributed by atoms with Gasteiger partial charge in [-0.05, 0) is 42.2 Å². The van der Waals surface area contributed by atoms with Gasteiger partial charge in [0.2, 0.25) is 0 Å². The molecule has 0 aliphatic heterocycles. The lowest BCUT2D eigenvalue weighted by molar-refractivity contribution is 0.0792. The van der Waals surface area contributed by atoms with Crippen LogP contribution in [0.1, 0.15) is 49.6 Å². The summed E-state index contributed by atoms with van der Waals surface area (Å²) in [5.41, 5.74) is 1.91.